The highest BCUT2D eigenvalue weighted by molar-refractivity contribution is 8.13. The van der Waals surface area contributed by atoms with Crippen molar-refractivity contribution in [2.45, 2.75) is 26.0 Å². The lowest BCUT2D eigenvalue weighted by Gasteiger charge is -2.11. The molecule has 0 saturated carbocycles. The number of hydrogen-bond donors (Lipinski definition) is 0. The fourth-order valence-corrected chi connectivity index (χ4v) is 3.73. The first kappa shape index (κ1) is 15.9. The van der Waals surface area contributed by atoms with E-state index in [4.69, 9.17) is 14.5 Å². The highest BCUT2D eigenvalue weighted by Gasteiger charge is 2.17. The van der Waals surface area contributed by atoms with E-state index in [1.54, 1.807) is 26.0 Å². The molecule has 0 saturated heterocycles. The van der Waals surface area contributed by atoms with Crippen LogP contribution < -0.4 is 9.47 Å². The molecule has 2 heterocycles. The van der Waals surface area contributed by atoms with Gasteiger partial charge in [-0.15, -0.1) is 11.8 Å². The highest BCUT2D eigenvalue weighted by Crippen LogP contribution is 2.35. The molecule has 1 aliphatic rings. The third-order valence-electron chi connectivity index (χ3n) is 4.00. The van der Waals surface area contributed by atoms with E-state index < -0.39 is 0 Å². The van der Waals surface area contributed by atoms with Gasteiger partial charge in [-0.05, 0) is 25.5 Å². The van der Waals surface area contributed by atoms with E-state index in [2.05, 4.69) is 18.0 Å². The lowest BCUT2D eigenvalue weighted by molar-refractivity contribution is 0.407. The summed E-state index contributed by atoms with van der Waals surface area (Å²) in [5.74, 6) is 2.57. The van der Waals surface area contributed by atoms with Crippen molar-refractivity contribution in [3.63, 3.8) is 0 Å². The van der Waals surface area contributed by atoms with Gasteiger partial charge in [0.15, 0.2) is 0 Å². The predicted molar refractivity (Wildman–Crippen MR) is 95.4 cm³/mol. The number of aromatic nitrogens is 1. The lowest BCUT2D eigenvalue weighted by Crippen LogP contribution is -2.00. The molecule has 1 aromatic heterocycles. The number of aliphatic imine (C=N–C) groups is 1. The van der Waals surface area contributed by atoms with Gasteiger partial charge in [0, 0.05) is 35.6 Å². The van der Waals surface area contributed by atoms with Crippen molar-refractivity contribution in [2.75, 3.05) is 14.2 Å². The zero-order valence-electron chi connectivity index (χ0n) is 13.8. The summed E-state index contributed by atoms with van der Waals surface area (Å²) in [5.41, 5.74) is 5.49. The predicted octanol–water partition coefficient (Wildman–Crippen LogP) is 4.24. The van der Waals surface area contributed by atoms with Crippen molar-refractivity contribution in [3.05, 3.63) is 46.8 Å². The molecular formula is C18H20N2O2S. The number of thioether (sulfide) groups is 1. The molecule has 0 unspecified atom stereocenters. The molecule has 3 rings (SSSR count). The highest BCUT2D eigenvalue weighted by atomic mass is 32.2. The topological polar surface area (TPSA) is 43.7 Å². The monoisotopic (exact) mass is 328 g/mol. The summed E-state index contributed by atoms with van der Waals surface area (Å²) in [5, 5.41) is 1.12. The number of hydrogen-bond acceptors (Lipinski definition) is 5. The molecule has 0 spiro atoms. The molecule has 1 aromatic carbocycles. The van der Waals surface area contributed by atoms with E-state index in [0.29, 0.717) is 0 Å². The number of benzene rings is 1. The molecule has 0 radical (unpaired) electrons. The number of pyridine rings is 1. The first-order valence-corrected chi connectivity index (χ1v) is 8.47. The molecule has 5 heteroatoms. The van der Waals surface area contributed by atoms with Gasteiger partial charge in [-0.2, -0.15) is 0 Å². The SMILES string of the molecule is COc1ccc2c(c1)N=C(SCc1ncc(C)c(OC)c1C)C2. The Bertz CT molecular complexity index is 772. The molecule has 4 nitrogen and oxygen atoms in total. The summed E-state index contributed by atoms with van der Waals surface area (Å²) in [6, 6.07) is 6.06. The Morgan fingerprint density at radius 2 is 2.00 bits per heavy atom. The second kappa shape index (κ2) is 6.62. The summed E-state index contributed by atoms with van der Waals surface area (Å²) in [7, 11) is 3.38. The average Bonchev–Trinajstić information content (AvgIpc) is 2.96. The number of aryl methyl sites for hydroxylation is 1. The van der Waals surface area contributed by atoms with E-state index in [-0.39, 0.29) is 0 Å². The molecule has 0 amide bonds. The normalized spacial score (nSPS) is 12.8. The maximum absolute atomic E-state index is 5.47. The first-order chi connectivity index (χ1) is 11.1. The molecule has 0 N–H and O–H groups in total. The summed E-state index contributed by atoms with van der Waals surface area (Å²) < 4.78 is 10.7. The summed E-state index contributed by atoms with van der Waals surface area (Å²) >= 11 is 1.74. The fraction of sp³-hybridized carbons (Fsp3) is 0.333. The van der Waals surface area contributed by atoms with Crippen LogP contribution in [-0.2, 0) is 12.2 Å². The van der Waals surface area contributed by atoms with Gasteiger partial charge in [0.05, 0.1) is 30.6 Å². The van der Waals surface area contributed by atoms with Crippen LogP contribution in [0.3, 0.4) is 0 Å². The van der Waals surface area contributed by atoms with Gasteiger partial charge in [-0.3, -0.25) is 4.98 Å². The molecule has 120 valence electrons. The van der Waals surface area contributed by atoms with Gasteiger partial charge in [-0.1, -0.05) is 6.07 Å². The van der Waals surface area contributed by atoms with Crippen LogP contribution in [0.15, 0.2) is 29.4 Å². The van der Waals surface area contributed by atoms with Crippen molar-refractivity contribution < 1.29 is 9.47 Å². The molecule has 0 atom stereocenters. The minimum absolute atomic E-state index is 0.798. The van der Waals surface area contributed by atoms with Crippen molar-refractivity contribution in [3.8, 4) is 11.5 Å². The number of methoxy groups -OCH3 is 2. The largest absolute Gasteiger partial charge is 0.497 e. The Labute approximate surface area is 141 Å². The Morgan fingerprint density at radius 3 is 2.74 bits per heavy atom. The summed E-state index contributed by atoms with van der Waals surface area (Å²) in [6.45, 7) is 4.08. The second-order valence-electron chi connectivity index (χ2n) is 5.51. The van der Waals surface area contributed by atoms with Gasteiger partial charge < -0.3 is 9.47 Å². The van der Waals surface area contributed by atoms with Gasteiger partial charge in [-0.25, -0.2) is 4.99 Å². The Hall–Kier alpha value is -2.01. The zero-order chi connectivity index (χ0) is 16.4. The van der Waals surface area contributed by atoms with Crippen molar-refractivity contribution in [2.24, 2.45) is 4.99 Å². The summed E-state index contributed by atoms with van der Waals surface area (Å²) in [6.07, 6.45) is 2.75. The van der Waals surface area contributed by atoms with Crippen LogP contribution in [0.1, 0.15) is 22.4 Å². The number of ether oxygens (including phenoxy) is 2. The van der Waals surface area contributed by atoms with Crippen molar-refractivity contribution in [1.29, 1.82) is 0 Å². The average molecular weight is 328 g/mol. The van der Waals surface area contributed by atoms with E-state index in [1.807, 2.05) is 25.3 Å². The lowest BCUT2D eigenvalue weighted by atomic mass is 10.1. The van der Waals surface area contributed by atoms with Crippen LogP contribution in [0, 0.1) is 13.8 Å². The van der Waals surface area contributed by atoms with Gasteiger partial charge >= 0.3 is 0 Å². The van der Waals surface area contributed by atoms with Crippen LogP contribution in [0.25, 0.3) is 0 Å². The van der Waals surface area contributed by atoms with E-state index in [0.717, 1.165) is 51.2 Å². The van der Waals surface area contributed by atoms with E-state index in [1.165, 1.54) is 5.56 Å². The zero-order valence-corrected chi connectivity index (χ0v) is 14.7. The molecule has 23 heavy (non-hydrogen) atoms. The first-order valence-electron chi connectivity index (χ1n) is 7.48. The molecule has 2 aromatic rings. The van der Waals surface area contributed by atoms with Crippen LogP contribution in [0.5, 0.6) is 11.5 Å². The molecule has 1 aliphatic heterocycles. The maximum atomic E-state index is 5.47. The molecular weight excluding hydrogens is 308 g/mol. The molecule has 0 aliphatic carbocycles. The minimum Gasteiger partial charge on any atom is -0.497 e. The molecule has 0 bridgehead atoms. The Morgan fingerprint density at radius 1 is 1.17 bits per heavy atom. The molecule has 0 fully saturated rings. The van der Waals surface area contributed by atoms with Crippen LogP contribution in [0.4, 0.5) is 5.69 Å². The quantitative estimate of drug-likeness (QED) is 0.842. The van der Waals surface area contributed by atoms with Crippen LogP contribution in [-0.4, -0.2) is 24.2 Å². The third kappa shape index (κ3) is 3.20. The smallest absolute Gasteiger partial charge is 0.128 e. The van der Waals surface area contributed by atoms with E-state index in [9.17, 15) is 0 Å². The second-order valence-corrected chi connectivity index (χ2v) is 6.56. The van der Waals surface area contributed by atoms with Crippen LogP contribution >= 0.6 is 11.8 Å². The van der Waals surface area contributed by atoms with Gasteiger partial charge in [0.1, 0.15) is 11.5 Å². The minimum atomic E-state index is 0.798. The van der Waals surface area contributed by atoms with Crippen LogP contribution in [0.2, 0.25) is 0 Å². The van der Waals surface area contributed by atoms with Crippen molar-refractivity contribution in [1.82, 2.24) is 4.98 Å². The number of nitrogens with zero attached hydrogens (tertiary/aromatic N) is 2. The van der Waals surface area contributed by atoms with E-state index >= 15 is 0 Å². The number of fused-ring (bicyclic) bond motifs is 1. The number of rotatable bonds is 4. The Balaban J connectivity index is 1.73. The van der Waals surface area contributed by atoms with Crippen molar-refractivity contribution >= 4 is 22.5 Å². The maximum Gasteiger partial charge on any atom is 0.128 e. The Kier molecular flexibility index (Phi) is 4.57. The van der Waals surface area contributed by atoms with Gasteiger partial charge in [0.2, 0.25) is 0 Å². The standard InChI is InChI=1S/C18H20N2O2S/c1-11-9-19-16(12(2)18(11)22-4)10-23-17-7-13-5-6-14(21-3)8-15(13)20-17/h5-6,8-9H,7,10H2,1-4H3. The van der Waals surface area contributed by atoms with Gasteiger partial charge in [0.25, 0.3) is 0 Å². The fourth-order valence-electron chi connectivity index (χ4n) is 2.71. The third-order valence-corrected chi connectivity index (χ3v) is 4.99. The summed E-state index contributed by atoms with van der Waals surface area (Å²) in [4.78, 5) is 9.25.